The van der Waals surface area contributed by atoms with E-state index in [2.05, 4.69) is 29.6 Å². The van der Waals surface area contributed by atoms with Crippen LogP contribution in [0.25, 0.3) is 0 Å². The molecule has 2 rings (SSSR count). The lowest BCUT2D eigenvalue weighted by Crippen LogP contribution is -2.20. The highest BCUT2D eigenvalue weighted by molar-refractivity contribution is 6.00. The van der Waals surface area contributed by atoms with E-state index in [0.717, 1.165) is 18.4 Å². The number of hydrazone groups is 1. The molecule has 0 fully saturated rings. The van der Waals surface area contributed by atoms with Gasteiger partial charge >= 0.3 is 0 Å². The molecule has 0 radical (unpaired) electrons. The maximum atomic E-state index is 13.5. The zero-order valence-electron chi connectivity index (χ0n) is 12.8. The van der Waals surface area contributed by atoms with E-state index in [0.29, 0.717) is 5.71 Å². The van der Waals surface area contributed by atoms with Crippen LogP contribution in [0.1, 0.15) is 41.8 Å². The van der Waals surface area contributed by atoms with Crippen LogP contribution in [0, 0.1) is 5.82 Å². The highest BCUT2D eigenvalue weighted by Crippen LogP contribution is 2.08. The van der Waals surface area contributed by atoms with Crippen molar-refractivity contribution < 1.29 is 9.18 Å². The molecule has 0 saturated heterocycles. The summed E-state index contributed by atoms with van der Waals surface area (Å²) in [7, 11) is 0. The monoisotopic (exact) mass is 298 g/mol. The summed E-state index contributed by atoms with van der Waals surface area (Å²) in [5.74, 6) is -1.11. The Labute approximate surface area is 129 Å². The van der Waals surface area contributed by atoms with Gasteiger partial charge in [-0.05, 0) is 36.6 Å². The molecule has 3 nitrogen and oxygen atoms in total. The predicted octanol–water partition coefficient (Wildman–Crippen LogP) is 3.93. The van der Waals surface area contributed by atoms with Crippen LogP contribution >= 0.6 is 0 Å². The molecule has 1 amide bonds. The summed E-state index contributed by atoms with van der Waals surface area (Å²) in [5, 5.41) is 4.04. The number of carbonyl (C=O) groups is 1. The third kappa shape index (κ3) is 4.01. The van der Waals surface area contributed by atoms with Crippen molar-refractivity contribution in [2.24, 2.45) is 5.10 Å². The molecule has 22 heavy (non-hydrogen) atoms. The van der Waals surface area contributed by atoms with Gasteiger partial charge in [0.2, 0.25) is 0 Å². The first-order valence-corrected chi connectivity index (χ1v) is 7.30. The number of halogens is 1. The Hall–Kier alpha value is -2.49. The number of amides is 1. The molecule has 2 aromatic carbocycles. The number of aryl methyl sites for hydroxylation is 1. The number of nitrogens with one attached hydrogen (secondary N) is 1. The van der Waals surface area contributed by atoms with Gasteiger partial charge in [-0.25, -0.2) is 9.82 Å². The fourth-order valence-electron chi connectivity index (χ4n) is 2.11. The van der Waals surface area contributed by atoms with Crippen molar-refractivity contribution in [1.82, 2.24) is 5.43 Å². The van der Waals surface area contributed by atoms with Gasteiger partial charge in [-0.3, -0.25) is 4.79 Å². The van der Waals surface area contributed by atoms with Crippen LogP contribution in [0.2, 0.25) is 0 Å². The molecule has 0 bridgehead atoms. The van der Waals surface area contributed by atoms with Crippen molar-refractivity contribution in [3.63, 3.8) is 0 Å². The molecule has 0 aliphatic rings. The third-order valence-corrected chi connectivity index (χ3v) is 3.35. The van der Waals surface area contributed by atoms with Crippen LogP contribution in [0.5, 0.6) is 0 Å². The Morgan fingerprint density at radius 3 is 2.45 bits per heavy atom. The van der Waals surface area contributed by atoms with Gasteiger partial charge < -0.3 is 0 Å². The van der Waals surface area contributed by atoms with Crippen LogP contribution in [-0.2, 0) is 6.42 Å². The number of hydrogen-bond acceptors (Lipinski definition) is 2. The average Bonchev–Trinajstić information content (AvgIpc) is 2.54. The zero-order valence-corrected chi connectivity index (χ0v) is 12.8. The van der Waals surface area contributed by atoms with Gasteiger partial charge in [0.25, 0.3) is 5.91 Å². The lowest BCUT2D eigenvalue weighted by Gasteiger charge is -2.05. The first kappa shape index (κ1) is 15.9. The minimum absolute atomic E-state index is 0.0163. The maximum absolute atomic E-state index is 13.5. The number of nitrogens with zero attached hydrogens (tertiary/aromatic N) is 1. The molecule has 1 N–H and O–H groups in total. The van der Waals surface area contributed by atoms with Gasteiger partial charge in [0, 0.05) is 0 Å². The molecule has 0 atom stereocenters. The summed E-state index contributed by atoms with van der Waals surface area (Å²) in [4.78, 5) is 11.9. The molecule has 2 aromatic rings. The van der Waals surface area contributed by atoms with Gasteiger partial charge in [0.15, 0.2) is 0 Å². The summed E-state index contributed by atoms with van der Waals surface area (Å²) in [6.07, 6.45) is 2.14. The first-order valence-electron chi connectivity index (χ1n) is 7.30. The van der Waals surface area contributed by atoms with Gasteiger partial charge in [0.05, 0.1) is 11.3 Å². The third-order valence-electron chi connectivity index (χ3n) is 3.35. The van der Waals surface area contributed by atoms with Crippen molar-refractivity contribution in [3.05, 3.63) is 71.0 Å². The molecule has 0 unspecified atom stereocenters. The van der Waals surface area contributed by atoms with E-state index in [1.165, 1.54) is 17.7 Å². The van der Waals surface area contributed by atoms with Crippen LogP contribution < -0.4 is 5.43 Å². The summed E-state index contributed by atoms with van der Waals surface area (Å²) in [6, 6.07) is 13.9. The second kappa shape index (κ2) is 7.50. The molecular formula is C18H19FN2O. The van der Waals surface area contributed by atoms with Crippen LogP contribution in [-0.4, -0.2) is 11.6 Å². The number of hydrogen-bond donors (Lipinski definition) is 1. The molecule has 0 spiro atoms. The zero-order chi connectivity index (χ0) is 15.9. The Balaban J connectivity index is 2.06. The molecule has 0 aromatic heterocycles. The topological polar surface area (TPSA) is 41.5 Å². The Kier molecular flexibility index (Phi) is 5.42. The summed E-state index contributed by atoms with van der Waals surface area (Å²) in [5.41, 5.74) is 5.24. The summed E-state index contributed by atoms with van der Waals surface area (Å²) in [6.45, 7) is 3.94. The molecule has 0 saturated carbocycles. The molecular weight excluding hydrogens is 279 g/mol. The molecule has 4 heteroatoms. The fraction of sp³-hybridized carbons (Fsp3) is 0.222. The number of rotatable bonds is 5. The highest BCUT2D eigenvalue weighted by Gasteiger charge is 2.09. The van der Waals surface area contributed by atoms with Gasteiger partial charge in [0.1, 0.15) is 5.82 Å². The Morgan fingerprint density at radius 1 is 1.14 bits per heavy atom. The summed E-state index contributed by atoms with van der Waals surface area (Å²) < 4.78 is 13.5. The van der Waals surface area contributed by atoms with Crippen molar-refractivity contribution >= 4 is 11.6 Å². The number of benzene rings is 2. The summed E-state index contributed by atoms with van der Waals surface area (Å²) >= 11 is 0. The van der Waals surface area contributed by atoms with Crippen molar-refractivity contribution in [3.8, 4) is 0 Å². The fourth-order valence-corrected chi connectivity index (χ4v) is 2.11. The Bertz CT molecular complexity index is 678. The lowest BCUT2D eigenvalue weighted by molar-refractivity contribution is 0.0951. The molecule has 0 heterocycles. The van der Waals surface area contributed by atoms with E-state index >= 15 is 0 Å². The van der Waals surface area contributed by atoms with Crippen LogP contribution in [0.4, 0.5) is 4.39 Å². The SMILES string of the molecule is CCCc1ccc(C(C)=NNC(=O)c2ccccc2F)cc1. The quantitative estimate of drug-likeness (QED) is 0.659. The van der Waals surface area contributed by atoms with Crippen LogP contribution in [0.3, 0.4) is 0 Å². The van der Waals surface area contributed by atoms with Gasteiger partial charge in [-0.1, -0.05) is 49.7 Å². The van der Waals surface area contributed by atoms with Crippen molar-refractivity contribution in [2.75, 3.05) is 0 Å². The minimum atomic E-state index is -0.559. The Morgan fingerprint density at radius 2 is 1.82 bits per heavy atom. The second-order valence-electron chi connectivity index (χ2n) is 5.06. The van der Waals surface area contributed by atoms with E-state index in [1.807, 2.05) is 12.1 Å². The maximum Gasteiger partial charge on any atom is 0.274 e. The van der Waals surface area contributed by atoms with E-state index < -0.39 is 11.7 Å². The van der Waals surface area contributed by atoms with Gasteiger partial charge in [-0.2, -0.15) is 5.10 Å². The van der Waals surface area contributed by atoms with E-state index in [4.69, 9.17) is 0 Å². The number of carbonyl (C=O) groups excluding carboxylic acids is 1. The van der Waals surface area contributed by atoms with Crippen molar-refractivity contribution in [2.45, 2.75) is 26.7 Å². The molecule has 0 aliphatic heterocycles. The molecule has 114 valence electrons. The highest BCUT2D eigenvalue weighted by atomic mass is 19.1. The van der Waals surface area contributed by atoms with Crippen molar-refractivity contribution in [1.29, 1.82) is 0 Å². The minimum Gasteiger partial charge on any atom is -0.267 e. The van der Waals surface area contributed by atoms with Crippen LogP contribution in [0.15, 0.2) is 53.6 Å². The largest absolute Gasteiger partial charge is 0.274 e. The van der Waals surface area contributed by atoms with Gasteiger partial charge in [-0.15, -0.1) is 0 Å². The van der Waals surface area contributed by atoms with E-state index in [1.54, 1.807) is 19.1 Å². The lowest BCUT2D eigenvalue weighted by atomic mass is 10.1. The normalized spacial score (nSPS) is 11.3. The second-order valence-corrected chi connectivity index (χ2v) is 5.06. The van der Waals surface area contributed by atoms with E-state index in [9.17, 15) is 9.18 Å². The average molecular weight is 298 g/mol. The standard InChI is InChI=1S/C18H19FN2O/c1-3-6-14-9-11-15(12-10-14)13(2)20-21-18(22)16-7-4-5-8-17(16)19/h4-5,7-12H,3,6H2,1-2H3,(H,21,22). The predicted molar refractivity (Wildman–Crippen MR) is 86.5 cm³/mol. The van der Waals surface area contributed by atoms with E-state index in [-0.39, 0.29) is 5.56 Å². The smallest absolute Gasteiger partial charge is 0.267 e. The molecule has 0 aliphatic carbocycles. The first-order chi connectivity index (χ1) is 10.6.